The number of hydrogen-bond acceptors (Lipinski definition) is 4. The third-order valence-corrected chi connectivity index (χ3v) is 5.80. The number of nitrogens with zero attached hydrogens (tertiary/aromatic N) is 1. The van der Waals surface area contributed by atoms with Crippen molar-refractivity contribution in [3.05, 3.63) is 31.6 Å². The lowest BCUT2D eigenvalue weighted by Crippen LogP contribution is -2.34. The molecule has 19 heavy (non-hydrogen) atoms. The second-order valence-corrected chi connectivity index (χ2v) is 8.56. The van der Waals surface area contributed by atoms with Crippen LogP contribution in [0.25, 0.3) is 0 Å². The molecular formula is C11H14Br2N2O3S. The molecule has 0 spiro atoms. The van der Waals surface area contributed by atoms with Crippen LogP contribution in [0, 0.1) is 0 Å². The van der Waals surface area contributed by atoms with E-state index in [0.29, 0.717) is 24.0 Å². The van der Waals surface area contributed by atoms with E-state index < -0.39 is 9.84 Å². The Morgan fingerprint density at radius 3 is 2.79 bits per heavy atom. The molecule has 8 heteroatoms. The number of hydrogen-bond donors (Lipinski definition) is 1. The first-order valence-corrected chi connectivity index (χ1v) is 9.27. The maximum absolute atomic E-state index is 11.8. The van der Waals surface area contributed by atoms with Crippen LogP contribution in [0.3, 0.4) is 0 Å². The molecule has 0 bridgehead atoms. The standard InChI is InChI=1S/C11H14Br2N2O3S/c12-8-5-10(13)11(16)15(6-8)3-2-14-9-1-4-19(17,18)7-9/h5-6,9,14H,1-4,7H2. The van der Waals surface area contributed by atoms with E-state index in [1.807, 2.05) is 0 Å². The quantitative estimate of drug-likeness (QED) is 0.803. The molecular weight excluding hydrogens is 400 g/mol. The van der Waals surface area contributed by atoms with Crippen molar-refractivity contribution in [1.82, 2.24) is 9.88 Å². The maximum atomic E-state index is 11.8. The molecule has 2 heterocycles. The molecule has 1 aromatic heterocycles. The summed E-state index contributed by atoms with van der Waals surface area (Å²) < 4.78 is 25.5. The summed E-state index contributed by atoms with van der Waals surface area (Å²) in [6, 6.07) is 1.71. The predicted octanol–water partition coefficient (Wildman–Crippen LogP) is 1.15. The molecule has 0 amide bonds. The minimum Gasteiger partial charge on any atom is -0.312 e. The number of nitrogens with one attached hydrogen (secondary N) is 1. The molecule has 1 aliphatic heterocycles. The molecule has 1 aliphatic rings. The Morgan fingerprint density at radius 1 is 1.42 bits per heavy atom. The van der Waals surface area contributed by atoms with Crippen LogP contribution in [0.2, 0.25) is 0 Å². The molecule has 5 nitrogen and oxygen atoms in total. The highest BCUT2D eigenvalue weighted by Gasteiger charge is 2.27. The van der Waals surface area contributed by atoms with Gasteiger partial charge in [-0.1, -0.05) is 0 Å². The third kappa shape index (κ3) is 4.14. The van der Waals surface area contributed by atoms with Crippen LogP contribution in [0.15, 0.2) is 26.0 Å². The largest absolute Gasteiger partial charge is 0.312 e. The van der Waals surface area contributed by atoms with Gasteiger partial charge in [-0.05, 0) is 44.3 Å². The Morgan fingerprint density at radius 2 is 2.16 bits per heavy atom. The van der Waals surface area contributed by atoms with Gasteiger partial charge >= 0.3 is 0 Å². The highest BCUT2D eigenvalue weighted by molar-refractivity contribution is 9.11. The van der Waals surface area contributed by atoms with Gasteiger partial charge in [-0.2, -0.15) is 0 Å². The van der Waals surface area contributed by atoms with Gasteiger partial charge in [-0.25, -0.2) is 8.42 Å². The zero-order valence-corrected chi connectivity index (χ0v) is 14.1. The first-order chi connectivity index (χ1) is 8.87. The summed E-state index contributed by atoms with van der Waals surface area (Å²) >= 11 is 6.54. The van der Waals surface area contributed by atoms with Crippen LogP contribution in [-0.2, 0) is 16.4 Å². The van der Waals surface area contributed by atoms with E-state index in [2.05, 4.69) is 37.2 Å². The fourth-order valence-electron chi connectivity index (χ4n) is 2.08. The topological polar surface area (TPSA) is 68.2 Å². The van der Waals surface area contributed by atoms with Crippen LogP contribution in [0.5, 0.6) is 0 Å². The Balaban J connectivity index is 1.92. The van der Waals surface area contributed by atoms with Crippen molar-refractivity contribution in [1.29, 1.82) is 0 Å². The summed E-state index contributed by atoms with van der Waals surface area (Å²) in [4.78, 5) is 11.8. The van der Waals surface area contributed by atoms with E-state index in [9.17, 15) is 13.2 Å². The summed E-state index contributed by atoms with van der Waals surface area (Å²) in [5, 5.41) is 3.18. The molecule has 0 aromatic carbocycles. The van der Waals surface area contributed by atoms with Crippen molar-refractivity contribution < 1.29 is 8.42 Å². The SMILES string of the molecule is O=c1c(Br)cc(Br)cn1CCNC1CCS(=O)(=O)C1. The fourth-order valence-corrected chi connectivity index (χ4v) is 5.04. The summed E-state index contributed by atoms with van der Waals surface area (Å²) in [7, 11) is -2.86. The van der Waals surface area contributed by atoms with Gasteiger partial charge in [0.2, 0.25) is 0 Å². The van der Waals surface area contributed by atoms with Crippen LogP contribution in [0.1, 0.15) is 6.42 Å². The Hall–Kier alpha value is -0.180. The number of aromatic nitrogens is 1. The average Bonchev–Trinajstić information content (AvgIpc) is 2.65. The van der Waals surface area contributed by atoms with Crippen LogP contribution in [0.4, 0.5) is 0 Å². The van der Waals surface area contributed by atoms with Crippen molar-refractivity contribution in [3.8, 4) is 0 Å². The average molecular weight is 414 g/mol. The van der Waals surface area contributed by atoms with E-state index in [4.69, 9.17) is 0 Å². The third-order valence-electron chi connectivity index (χ3n) is 3.03. The second kappa shape index (κ2) is 6.07. The zero-order valence-electron chi connectivity index (χ0n) is 10.1. The normalized spacial score (nSPS) is 21.7. The van der Waals surface area contributed by atoms with Crippen molar-refractivity contribution >= 4 is 41.7 Å². The van der Waals surface area contributed by atoms with Gasteiger partial charge < -0.3 is 9.88 Å². The zero-order chi connectivity index (χ0) is 14.0. The van der Waals surface area contributed by atoms with E-state index in [1.165, 1.54) is 0 Å². The number of pyridine rings is 1. The van der Waals surface area contributed by atoms with E-state index in [1.54, 1.807) is 16.8 Å². The minimum atomic E-state index is -2.86. The minimum absolute atomic E-state index is 0.0105. The lowest BCUT2D eigenvalue weighted by molar-refractivity contribution is 0.513. The second-order valence-electron chi connectivity index (χ2n) is 4.56. The van der Waals surface area contributed by atoms with Crippen molar-refractivity contribution in [2.75, 3.05) is 18.1 Å². The van der Waals surface area contributed by atoms with E-state index in [-0.39, 0.29) is 23.1 Å². The highest BCUT2D eigenvalue weighted by atomic mass is 79.9. The number of halogens is 2. The van der Waals surface area contributed by atoms with Crippen LogP contribution in [-0.4, -0.2) is 37.1 Å². The Bertz CT molecular complexity index is 627. The van der Waals surface area contributed by atoms with Gasteiger partial charge in [0.05, 0.1) is 16.0 Å². The molecule has 1 saturated heterocycles. The Labute approximate surface area is 128 Å². The molecule has 1 atom stereocenters. The van der Waals surface area contributed by atoms with Gasteiger partial charge in [0, 0.05) is 29.8 Å². The van der Waals surface area contributed by atoms with Crippen molar-refractivity contribution in [2.24, 2.45) is 0 Å². The Kier molecular flexibility index (Phi) is 4.86. The molecule has 2 rings (SSSR count). The molecule has 1 unspecified atom stereocenters. The molecule has 0 saturated carbocycles. The van der Waals surface area contributed by atoms with Gasteiger partial charge in [0.25, 0.3) is 5.56 Å². The fraction of sp³-hybridized carbons (Fsp3) is 0.545. The van der Waals surface area contributed by atoms with Crippen molar-refractivity contribution in [2.45, 2.75) is 19.0 Å². The van der Waals surface area contributed by atoms with Crippen LogP contribution >= 0.6 is 31.9 Å². The van der Waals surface area contributed by atoms with E-state index >= 15 is 0 Å². The summed E-state index contributed by atoms with van der Waals surface area (Å²) in [5.41, 5.74) is -0.0935. The number of rotatable bonds is 4. The lowest BCUT2D eigenvalue weighted by atomic mass is 10.2. The number of sulfone groups is 1. The summed E-state index contributed by atoms with van der Waals surface area (Å²) in [5.74, 6) is 0.455. The highest BCUT2D eigenvalue weighted by Crippen LogP contribution is 2.13. The van der Waals surface area contributed by atoms with Gasteiger partial charge in [0.1, 0.15) is 0 Å². The molecule has 1 N–H and O–H groups in total. The van der Waals surface area contributed by atoms with Gasteiger partial charge in [-0.3, -0.25) is 4.79 Å². The van der Waals surface area contributed by atoms with Crippen molar-refractivity contribution in [3.63, 3.8) is 0 Å². The maximum Gasteiger partial charge on any atom is 0.264 e. The van der Waals surface area contributed by atoms with Crippen LogP contribution < -0.4 is 10.9 Å². The molecule has 1 aromatic rings. The molecule has 0 aliphatic carbocycles. The molecule has 0 radical (unpaired) electrons. The first-order valence-electron chi connectivity index (χ1n) is 5.87. The van der Waals surface area contributed by atoms with E-state index in [0.717, 1.165) is 4.47 Å². The van der Waals surface area contributed by atoms with Gasteiger partial charge in [0.15, 0.2) is 9.84 Å². The monoisotopic (exact) mass is 412 g/mol. The summed E-state index contributed by atoms with van der Waals surface area (Å²) in [6.45, 7) is 1.08. The molecule has 106 valence electrons. The van der Waals surface area contributed by atoms with Gasteiger partial charge in [-0.15, -0.1) is 0 Å². The lowest BCUT2D eigenvalue weighted by Gasteiger charge is -2.12. The smallest absolute Gasteiger partial charge is 0.264 e. The predicted molar refractivity (Wildman–Crippen MR) is 81.2 cm³/mol. The first kappa shape index (κ1) is 15.2. The summed E-state index contributed by atoms with van der Waals surface area (Å²) in [6.07, 6.45) is 2.37. The molecule has 1 fully saturated rings.